The second kappa shape index (κ2) is 11.1. The maximum Gasteiger partial charge on any atom is 0.258 e. The number of anilines is 3. The number of aliphatic hydroxyl groups is 1. The first kappa shape index (κ1) is 25.6. The zero-order chi connectivity index (χ0) is 25.8. The number of nitrogens with zero attached hydrogens (tertiary/aromatic N) is 4. The number of amides is 1. The van der Waals surface area contributed by atoms with Gasteiger partial charge in [0.2, 0.25) is 5.95 Å². The Morgan fingerprint density at radius 1 is 1.14 bits per heavy atom. The minimum absolute atomic E-state index is 0.194. The molecule has 6 N–H and O–H groups in total. The van der Waals surface area contributed by atoms with Gasteiger partial charge in [0.1, 0.15) is 0 Å². The Hall–Kier alpha value is -3.09. The van der Waals surface area contributed by atoms with Gasteiger partial charge in [0, 0.05) is 62.1 Å². The Bertz CT molecular complexity index is 1190. The third-order valence-corrected chi connectivity index (χ3v) is 8.06. The number of rotatable bonds is 7. The summed E-state index contributed by atoms with van der Waals surface area (Å²) in [5.41, 5.74) is 8.31. The fraction of sp³-hybridized carbons (Fsp3) is 0.423. The second-order valence-electron chi connectivity index (χ2n) is 9.88. The highest BCUT2D eigenvalue weighted by Gasteiger charge is 2.34. The first-order valence-corrected chi connectivity index (χ1v) is 13.5. The van der Waals surface area contributed by atoms with E-state index >= 15 is 0 Å². The lowest BCUT2D eigenvalue weighted by molar-refractivity contribution is -0.125. The molecule has 2 aromatic heterocycles. The molecule has 0 radical (unpaired) electrons. The van der Waals surface area contributed by atoms with Crippen molar-refractivity contribution < 1.29 is 9.90 Å². The van der Waals surface area contributed by atoms with Gasteiger partial charge in [-0.2, -0.15) is 0 Å². The van der Waals surface area contributed by atoms with Crippen molar-refractivity contribution in [1.29, 1.82) is 0 Å². The Morgan fingerprint density at radius 3 is 2.51 bits per heavy atom. The number of nitrogen functional groups attached to an aromatic ring is 1. The van der Waals surface area contributed by atoms with Crippen molar-refractivity contribution in [3.63, 3.8) is 0 Å². The van der Waals surface area contributed by atoms with E-state index in [0.29, 0.717) is 22.9 Å². The van der Waals surface area contributed by atoms with Crippen molar-refractivity contribution >= 4 is 34.6 Å². The number of aromatic nitrogens is 2. The lowest BCUT2D eigenvalue weighted by atomic mass is 9.90. The summed E-state index contributed by atoms with van der Waals surface area (Å²) in [7, 11) is 0. The summed E-state index contributed by atoms with van der Waals surface area (Å²) in [4.78, 5) is 27.0. The number of benzene rings is 1. The summed E-state index contributed by atoms with van der Waals surface area (Å²) in [6.45, 7) is 7.23. The number of carbonyl (C=O) groups is 1. The van der Waals surface area contributed by atoms with Gasteiger partial charge < -0.3 is 26.8 Å². The summed E-state index contributed by atoms with van der Waals surface area (Å²) in [5, 5.41) is 22.4. The van der Waals surface area contributed by atoms with Crippen LogP contribution in [0.4, 0.5) is 17.3 Å². The number of piperazine rings is 1. The van der Waals surface area contributed by atoms with Crippen LogP contribution < -0.4 is 21.7 Å². The van der Waals surface area contributed by atoms with Crippen LogP contribution in [0.2, 0.25) is 0 Å². The SMILES string of the molecule is CC1(Nc2ncc(C(=O)Nc3cc(-c4cccs4)ccc3N)cn2)CCN(C(O)N2CCNCC2)CC1. The highest BCUT2D eigenvalue weighted by Crippen LogP contribution is 2.31. The van der Waals surface area contributed by atoms with Gasteiger partial charge in [-0.15, -0.1) is 11.3 Å². The largest absolute Gasteiger partial charge is 0.397 e. The maximum absolute atomic E-state index is 12.9. The van der Waals surface area contributed by atoms with Crippen molar-refractivity contribution in [1.82, 2.24) is 25.1 Å². The fourth-order valence-electron chi connectivity index (χ4n) is 4.75. The molecule has 2 fully saturated rings. The van der Waals surface area contributed by atoms with Crippen molar-refractivity contribution in [2.45, 2.75) is 31.7 Å². The van der Waals surface area contributed by atoms with E-state index < -0.39 is 6.35 Å². The summed E-state index contributed by atoms with van der Waals surface area (Å²) in [6, 6.07) is 9.63. The van der Waals surface area contributed by atoms with Crippen LogP contribution in [-0.4, -0.2) is 81.9 Å². The van der Waals surface area contributed by atoms with Gasteiger partial charge in [0.25, 0.3) is 5.91 Å². The van der Waals surface area contributed by atoms with Gasteiger partial charge in [-0.25, -0.2) is 9.97 Å². The number of thiophene rings is 1. The first-order valence-electron chi connectivity index (χ1n) is 12.6. The highest BCUT2D eigenvalue weighted by molar-refractivity contribution is 7.13. The van der Waals surface area contributed by atoms with Crippen molar-refractivity contribution in [2.24, 2.45) is 0 Å². The van der Waals surface area contributed by atoms with Crippen LogP contribution in [0.1, 0.15) is 30.1 Å². The van der Waals surface area contributed by atoms with Crippen LogP contribution in [0.5, 0.6) is 0 Å². The van der Waals surface area contributed by atoms with Gasteiger partial charge in [0.15, 0.2) is 6.35 Å². The van der Waals surface area contributed by atoms with E-state index in [1.54, 1.807) is 17.4 Å². The van der Waals surface area contributed by atoms with Crippen molar-refractivity contribution in [3.8, 4) is 10.4 Å². The third-order valence-electron chi connectivity index (χ3n) is 7.14. The minimum Gasteiger partial charge on any atom is -0.397 e. The molecule has 1 unspecified atom stereocenters. The van der Waals surface area contributed by atoms with E-state index in [1.807, 2.05) is 29.6 Å². The highest BCUT2D eigenvalue weighted by atomic mass is 32.1. The van der Waals surface area contributed by atoms with Gasteiger partial charge in [-0.1, -0.05) is 12.1 Å². The van der Waals surface area contributed by atoms with Crippen molar-refractivity contribution in [2.75, 3.05) is 55.6 Å². The Labute approximate surface area is 220 Å². The number of piperidine rings is 1. The average Bonchev–Trinajstić information content (AvgIpc) is 3.46. The van der Waals surface area contributed by atoms with Crippen LogP contribution >= 0.6 is 11.3 Å². The van der Waals surface area contributed by atoms with Crippen LogP contribution in [0.3, 0.4) is 0 Å². The van der Waals surface area contributed by atoms with Crippen LogP contribution in [0.15, 0.2) is 48.1 Å². The zero-order valence-corrected chi connectivity index (χ0v) is 21.8. The van der Waals surface area contributed by atoms with Gasteiger partial charge in [0.05, 0.1) is 16.9 Å². The first-order chi connectivity index (χ1) is 17.9. The number of hydrogen-bond donors (Lipinski definition) is 5. The monoisotopic (exact) mass is 522 g/mol. The van der Waals surface area contributed by atoms with E-state index in [2.05, 4.69) is 42.6 Å². The zero-order valence-electron chi connectivity index (χ0n) is 21.0. The Morgan fingerprint density at radius 2 is 1.84 bits per heavy atom. The Kier molecular flexibility index (Phi) is 7.68. The predicted molar refractivity (Wildman–Crippen MR) is 147 cm³/mol. The van der Waals surface area contributed by atoms with Crippen LogP contribution in [0.25, 0.3) is 10.4 Å². The minimum atomic E-state index is -0.541. The third kappa shape index (κ3) is 6.08. The number of carbonyl (C=O) groups excluding carboxylic acids is 1. The lowest BCUT2D eigenvalue weighted by Crippen LogP contribution is -2.58. The average molecular weight is 523 g/mol. The normalized spacial score (nSPS) is 19.3. The standard InChI is InChI=1S/C26H34N8O2S/c1-26(6-10-33(11-7-26)25(36)34-12-8-28-9-13-34)32-24-29-16-19(17-30-24)23(35)31-21-15-18(4-5-20(21)27)22-3-2-14-37-22/h2-5,14-17,25,28,36H,6-13,27H2,1H3,(H,31,35)(H,29,30,32). The maximum atomic E-state index is 12.9. The molecule has 3 aromatic rings. The molecule has 10 nitrogen and oxygen atoms in total. The Balaban J connectivity index is 1.17. The molecular weight excluding hydrogens is 488 g/mol. The van der Waals surface area contributed by atoms with Gasteiger partial charge >= 0.3 is 0 Å². The van der Waals surface area contributed by atoms with E-state index in [9.17, 15) is 9.90 Å². The van der Waals surface area contributed by atoms with E-state index in [1.165, 1.54) is 12.4 Å². The summed E-state index contributed by atoms with van der Waals surface area (Å²) >= 11 is 1.63. The molecule has 2 aliphatic rings. The topological polar surface area (TPSA) is 132 Å². The predicted octanol–water partition coefficient (Wildman–Crippen LogP) is 2.49. The number of likely N-dealkylation sites (tertiary alicyclic amines) is 1. The van der Waals surface area contributed by atoms with Gasteiger partial charge in [-0.05, 0) is 48.9 Å². The molecule has 0 aliphatic carbocycles. The molecule has 11 heteroatoms. The van der Waals surface area contributed by atoms with Crippen LogP contribution in [-0.2, 0) is 0 Å². The molecule has 0 bridgehead atoms. The number of nitrogens with two attached hydrogens (primary N) is 1. The summed E-state index contributed by atoms with van der Waals surface area (Å²) in [5.74, 6) is 0.164. The molecule has 1 aromatic carbocycles. The van der Waals surface area contributed by atoms with Crippen molar-refractivity contribution in [3.05, 3.63) is 53.7 Å². The molecular formula is C26H34N8O2S. The quantitative estimate of drug-likeness (QED) is 0.297. The summed E-state index contributed by atoms with van der Waals surface area (Å²) in [6.07, 6.45) is 4.21. The molecule has 5 rings (SSSR count). The van der Waals surface area contributed by atoms with E-state index in [0.717, 1.165) is 62.6 Å². The molecule has 1 atom stereocenters. The second-order valence-corrected chi connectivity index (χ2v) is 10.8. The molecule has 4 heterocycles. The molecule has 37 heavy (non-hydrogen) atoms. The van der Waals surface area contributed by atoms with E-state index in [4.69, 9.17) is 5.73 Å². The smallest absolute Gasteiger partial charge is 0.258 e. The van der Waals surface area contributed by atoms with E-state index in [-0.39, 0.29) is 11.4 Å². The molecule has 0 spiro atoms. The van der Waals surface area contributed by atoms with Crippen LogP contribution in [0, 0.1) is 0 Å². The molecule has 0 saturated carbocycles. The lowest BCUT2D eigenvalue weighted by Gasteiger charge is -2.44. The molecule has 2 saturated heterocycles. The number of aliphatic hydroxyl groups excluding tert-OH is 1. The number of hydrogen-bond acceptors (Lipinski definition) is 10. The molecule has 196 valence electrons. The molecule has 1 amide bonds. The fourth-order valence-corrected chi connectivity index (χ4v) is 5.48. The summed E-state index contributed by atoms with van der Waals surface area (Å²) < 4.78 is 0. The molecule has 2 aliphatic heterocycles. The number of nitrogens with one attached hydrogen (secondary N) is 3. The van der Waals surface area contributed by atoms with Gasteiger partial charge in [-0.3, -0.25) is 14.6 Å².